The molecule has 2 aromatic carbocycles. The number of benzene rings is 2. The highest BCUT2D eigenvalue weighted by atomic mass is 127. The van der Waals surface area contributed by atoms with Crippen molar-refractivity contribution >= 4 is 35.6 Å². The summed E-state index contributed by atoms with van der Waals surface area (Å²) in [6.45, 7) is 2.90. The molecule has 6 nitrogen and oxygen atoms in total. The first-order valence-corrected chi connectivity index (χ1v) is 9.79. The Morgan fingerprint density at radius 2 is 1.84 bits per heavy atom. The summed E-state index contributed by atoms with van der Waals surface area (Å²) in [5.41, 5.74) is 2.00. The topological polar surface area (TPSA) is 56.9 Å². The van der Waals surface area contributed by atoms with Crippen molar-refractivity contribution in [2.24, 2.45) is 4.99 Å². The van der Waals surface area contributed by atoms with Crippen LogP contribution in [-0.4, -0.2) is 49.1 Å². The van der Waals surface area contributed by atoms with Gasteiger partial charge in [-0.15, -0.1) is 24.0 Å². The fourth-order valence-corrected chi connectivity index (χ4v) is 3.49. The first kappa shape index (κ1) is 23.0. The number of nitrogens with one attached hydrogen (secondary N) is 1. The molecular formula is C22H24F2IN5O. The number of halogens is 3. The molecule has 1 aromatic heterocycles. The molecule has 0 saturated carbocycles. The van der Waals surface area contributed by atoms with Crippen LogP contribution in [0, 0.1) is 11.6 Å². The zero-order valence-electron chi connectivity index (χ0n) is 17.1. The van der Waals surface area contributed by atoms with Crippen LogP contribution >= 0.6 is 24.0 Å². The Bertz CT molecular complexity index is 1020. The summed E-state index contributed by atoms with van der Waals surface area (Å²) < 4.78 is 33.1. The second kappa shape index (κ2) is 10.6. The number of aromatic nitrogens is 1. The zero-order valence-corrected chi connectivity index (χ0v) is 19.4. The monoisotopic (exact) mass is 539 g/mol. The largest absolute Gasteiger partial charge is 0.444 e. The molecule has 2 heterocycles. The van der Waals surface area contributed by atoms with Crippen molar-refractivity contribution < 1.29 is 13.2 Å². The van der Waals surface area contributed by atoms with Crippen LogP contribution < -0.4 is 10.2 Å². The van der Waals surface area contributed by atoms with Gasteiger partial charge in [-0.3, -0.25) is 4.99 Å². The number of oxazole rings is 1. The molecule has 3 aromatic rings. The average Bonchev–Trinajstić information content (AvgIpc) is 3.26. The van der Waals surface area contributed by atoms with E-state index in [1.54, 1.807) is 13.3 Å². The van der Waals surface area contributed by atoms with Gasteiger partial charge in [0.2, 0.25) is 5.89 Å². The summed E-state index contributed by atoms with van der Waals surface area (Å²) in [5.74, 6) is 0.466. The smallest absolute Gasteiger partial charge is 0.226 e. The number of piperazine rings is 1. The van der Waals surface area contributed by atoms with Crippen LogP contribution in [0.25, 0.3) is 11.5 Å². The number of hydrogen-bond acceptors (Lipinski definition) is 4. The van der Waals surface area contributed by atoms with E-state index in [2.05, 4.69) is 20.2 Å². The average molecular weight is 539 g/mol. The predicted molar refractivity (Wildman–Crippen MR) is 128 cm³/mol. The minimum atomic E-state index is -0.436. The van der Waals surface area contributed by atoms with Gasteiger partial charge < -0.3 is 19.5 Å². The molecule has 0 atom stereocenters. The third kappa shape index (κ3) is 5.52. The number of hydrogen-bond donors (Lipinski definition) is 1. The summed E-state index contributed by atoms with van der Waals surface area (Å²) >= 11 is 0. The molecule has 1 aliphatic heterocycles. The molecule has 0 aliphatic carbocycles. The minimum Gasteiger partial charge on any atom is -0.444 e. The molecule has 164 valence electrons. The van der Waals surface area contributed by atoms with Gasteiger partial charge >= 0.3 is 0 Å². The first-order chi connectivity index (χ1) is 14.6. The SMILES string of the molecule is CN=C(NCc1coc(-c2ccccc2)n1)N1CCN(c2cc(F)ccc2F)CC1.I. The van der Waals surface area contributed by atoms with Gasteiger partial charge in [-0.2, -0.15) is 0 Å². The summed E-state index contributed by atoms with van der Waals surface area (Å²) in [6, 6.07) is 13.3. The molecule has 4 rings (SSSR count). The van der Waals surface area contributed by atoms with Crippen LogP contribution in [0.15, 0.2) is 64.2 Å². The normalized spacial score (nSPS) is 14.4. The summed E-state index contributed by atoms with van der Waals surface area (Å²) in [7, 11) is 1.72. The zero-order chi connectivity index (χ0) is 20.9. The van der Waals surface area contributed by atoms with Gasteiger partial charge in [-0.05, 0) is 24.3 Å². The lowest BCUT2D eigenvalue weighted by Crippen LogP contribution is -2.52. The quantitative estimate of drug-likeness (QED) is 0.307. The van der Waals surface area contributed by atoms with Crippen molar-refractivity contribution in [2.75, 3.05) is 38.1 Å². The van der Waals surface area contributed by atoms with Gasteiger partial charge in [0.1, 0.15) is 17.9 Å². The van der Waals surface area contributed by atoms with Crippen LogP contribution in [0.2, 0.25) is 0 Å². The van der Waals surface area contributed by atoms with Crippen molar-refractivity contribution in [2.45, 2.75) is 6.54 Å². The van der Waals surface area contributed by atoms with E-state index in [0.717, 1.165) is 23.3 Å². The maximum absolute atomic E-state index is 14.0. The molecule has 1 fully saturated rings. The van der Waals surface area contributed by atoms with Crippen LogP contribution in [-0.2, 0) is 6.54 Å². The van der Waals surface area contributed by atoms with Crippen LogP contribution in [0.5, 0.6) is 0 Å². The van der Waals surface area contributed by atoms with Gasteiger partial charge in [0.05, 0.1) is 17.9 Å². The maximum atomic E-state index is 14.0. The summed E-state index contributed by atoms with van der Waals surface area (Å²) in [4.78, 5) is 12.8. The number of aliphatic imine (C=N–C) groups is 1. The Labute approximate surface area is 197 Å². The van der Waals surface area contributed by atoms with Crippen LogP contribution in [0.4, 0.5) is 14.5 Å². The fraction of sp³-hybridized carbons (Fsp3) is 0.273. The maximum Gasteiger partial charge on any atom is 0.226 e. The van der Waals surface area contributed by atoms with E-state index in [0.29, 0.717) is 44.3 Å². The van der Waals surface area contributed by atoms with E-state index in [-0.39, 0.29) is 24.0 Å². The molecule has 0 radical (unpaired) electrons. The van der Waals surface area contributed by atoms with E-state index in [4.69, 9.17) is 4.42 Å². The van der Waals surface area contributed by atoms with Gasteiger partial charge in [0.15, 0.2) is 5.96 Å². The Morgan fingerprint density at radius 3 is 2.55 bits per heavy atom. The molecule has 0 bridgehead atoms. The van der Waals surface area contributed by atoms with Gasteiger partial charge in [-0.25, -0.2) is 13.8 Å². The molecule has 0 spiro atoms. The Kier molecular flexibility index (Phi) is 7.83. The van der Waals surface area contributed by atoms with Crippen molar-refractivity contribution in [3.63, 3.8) is 0 Å². The number of rotatable bonds is 4. The summed E-state index contributed by atoms with van der Waals surface area (Å²) in [6.07, 6.45) is 1.63. The van der Waals surface area contributed by atoms with Crippen molar-refractivity contribution in [1.82, 2.24) is 15.2 Å². The van der Waals surface area contributed by atoms with E-state index < -0.39 is 11.6 Å². The molecule has 1 aliphatic rings. The van der Waals surface area contributed by atoms with Crippen molar-refractivity contribution in [3.05, 3.63) is 72.1 Å². The first-order valence-electron chi connectivity index (χ1n) is 9.79. The lowest BCUT2D eigenvalue weighted by molar-refractivity contribution is 0.370. The molecule has 0 unspecified atom stereocenters. The molecule has 1 N–H and O–H groups in total. The Morgan fingerprint density at radius 1 is 1.10 bits per heavy atom. The highest BCUT2D eigenvalue weighted by Gasteiger charge is 2.22. The van der Waals surface area contributed by atoms with E-state index in [9.17, 15) is 8.78 Å². The number of anilines is 1. The van der Waals surface area contributed by atoms with E-state index in [1.807, 2.05) is 35.2 Å². The second-order valence-corrected chi connectivity index (χ2v) is 6.98. The third-order valence-corrected chi connectivity index (χ3v) is 5.04. The van der Waals surface area contributed by atoms with E-state index in [1.165, 1.54) is 12.1 Å². The molecular weight excluding hydrogens is 515 g/mol. The second-order valence-electron chi connectivity index (χ2n) is 6.98. The van der Waals surface area contributed by atoms with Crippen LogP contribution in [0.1, 0.15) is 5.69 Å². The Balaban J connectivity index is 0.00000272. The van der Waals surface area contributed by atoms with Crippen LogP contribution in [0.3, 0.4) is 0 Å². The van der Waals surface area contributed by atoms with Gasteiger partial charge in [0.25, 0.3) is 0 Å². The number of guanidine groups is 1. The van der Waals surface area contributed by atoms with Gasteiger partial charge in [0, 0.05) is 44.9 Å². The lowest BCUT2D eigenvalue weighted by Gasteiger charge is -2.37. The van der Waals surface area contributed by atoms with E-state index >= 15 is 0 Å². The Hall–Kier alpha value is -2.69. The van der Waals surface area contributed by atoms with Gasteiger partial charge in [-0.1, -0.05) is 18.2 Å². The molecule has 0 amide bonds. The van der Waals surface area contributed by atoms with Crippen molar-refractivity contribution in [3.8, 4) is 11.5 Å². The lowest BCUT2D eigenvalue weighted by atomic mass is 10.2. The highest BCUT2D eigenvalue weighted by molar-refractivity contribution is 14.0. The highest BCUT2D eigenvalue weighted by Crippen LogP contribution is 2.22. The standard InChI is InChI=1S/C22H23F2N5O.HI/c1-25-22(26-14-18-15-30-21(27-18)16-5-3-2-4-6-16)29-11-9-28(10-12-29)20-13-17(23)7-8-19(20)24;/h2-8,13,15H,9-12,14H2,1H3,(H,25,26);1H. The molecule has 31 heavy (non-hydrogen) atoms. The van der Waals surface area contributed by atoms with Crippen molar-refractivity contribution in [1.29, 1.82) is 0 Å². The predicted octanol–water partition coefficient (Wildman–Crippen LogP) is 4.14. The molecule has 9 heteroatoms. The minimum absolute atomic E-state index is 0. The summed E-state index contributed by atoms with van der Waals surface area (Å²) in [5, 5.41) is 3.30. The number of nitrogens with zero attached hydrogens (tertiary/aromatic N) is 4. The third-order valence-electron chi connectivity index (χ3n) is 5.04. The molecule has 1 saturated heterocycles. The fourth-order valence-electron chi connectivity index (χ4n) is 3.49.